The zero-order valence-electron chi connectivity index (χ0n) is 15.1. The molecule has 1 aliphatic carbocycles. The molecule has 0 spiro atoms. The molecule has 0 atom stereocenters. The highest BCUT2D eigenvalue weighted by Gasteiger charge is 2.29. The Morgan fingerprint density at radius 2 is 1.77 bits per heavy atom. The van der Waals surface area contributed by atoms with Crippen LogP contribution in [0.2, 0.25) is 0 Å². The average molecular weight is 366 g/mol. The van der Waals surface area contributed by atoms with Gasteiger partial charge in [-0.2, -0.15) is 0 Å². The first-order valence-corrected chi connectivity index (χ1v) is 10.1. The zero-order chi connectivity index (χ0) is 17.7. The SMILES string of the molecule is Cc1nc(C2CC2)nc(N2CCN(c3nc4cnccc4s3)CC2)c1C. The summed E-state index contributed by atoms with van der Waals surface area (Å²) in [6.07, 6.45) is 6.16. The lowest BCUT2D eigenvalue weighted by Gasteiger charge is -2.36. The van der Waals surface area contributed by atoms with Gasteiger partial charge < -0.3 is 9.80 Å². The van der Waals surface area contributed by atoms with E-state index in [2.05, 4.69) is 28.6 Å². The summed E-state index contributed by atoms with van der Waals surface area (Å²) in [5.74, 6) is 2.77. The number of aryl methyl sites for hydroxylation is 1. The van der Waals surface area contributed by atoms with Crippen LogP contribution in [0.4, 0.5) is 10.9 Å². The molecule has 0 aromatic carbocycles. The monoisotopic (exact) mass is 366 g/mol. The van der Waals surface area contributed by atoms with Gasteiger partial charge in [-0.3, -0.25) is 4.98 Å². The van der Waals surface area contributed by atoms with Crippen molar-refractivity contribution in [3.05, 3.63) is 35.5 Å². The molecule has 134 valence electrons. The second-order valence-corrected chi connectivity index (χ2v) is 8.21. The molecule has 5 rings (SSSR count). The van der Waals surface area contributed by atoms with Gasteiger partial charge >= 0.3 is 0 Å². The predicted molar refractivity (Wildman–Crippen MR) is 105 cm³/mol. The van der Waals surface area contributed by atoms with E-state index in [0.717, 1.165) is 54.2 Å². The Balaban J connectivity index is 1.35. The summed E-state index contributed by atoms with van der Waals surface area (Å²) in [4.78, 5) is 23.4. The molecule has 1 aliphatic heterocycles. The smallest absolute Gasteiger partial charge is 0.186 e. The van der Waals surface area contributed by atoms with Crippen LogP contribution in [0.15, 0.2) is 18.5 Å². The molecular formula is C19H22N6S. The highest BCUT2D eigenvalue weighted by molar-refractivity contribution is 7.22. The molecule has 1 saturated carbocycles. The number of nitrogens with zero attached hydrogens (tertiary/aromatic N) is 6. The van der Waals surface area contributed by atoms with Gasteiger partial charge in [0.1, 0.15) is 17.2 Å². The second-order valence-electron chi connectivity index (χ2n) is 7.20. The number of pyridine rings is 1. The van der Waals surface area contributed by atoms with E-state index in [-0.39, 0.29) is 0 Å². The Morgan fingerprint density at radius 3 is 2.50 bits per heavy atom. The first-order valence-electron chi connectivity index (χ1n) is 9.24. The van der Waals surface area contributed by atoms with Gasteiger partial charge in [-0.15, -0.1) is 0 Å². The van der Waals surface area contributed by atoms with Gasteiger partial charge in [-0.25, -0.2) is 15.0 Å². The number of rotatable bonds is 3. The van der Waals surface area contributed by atoms with Gasteiger partial charge in [0.05, 0.1) is 10.9 Å². The summed E-state index contributed by atoms with van der Waals surface area (Å²) in [5, 5.41) is 1.10. The van der Waals surface area contributed by atoms with Crippen LogP contribution in [0.5, 0.6) is 0 Å². The van der Waals surface area contributed by atoms with Crippen molar-refractivity contribution in [3.8, 4) is 0 Å². The summed E-state index contributed by atoms with van der Waals surface area (Å²) >= 11 is 1.75. The second kappa shape index (κ2) is 6.16. The lowest BCUT2D eigenvalue weighted by atomic mass is 10.2. The lowest BCUT2D eigenvalue weighted by molar-refractivity contribution is 0.641. The quantitative estimate of drug-likeness (QED) is 0.709. The molecule has 0 N–H and O–H groups in total. The highest BCUT2D eigenvalue weighted by Crippen LogP contribution is 2.39. The number of fused-ring (bicyclic) bond motifs is 1. The van der Waals surface area contributed by atoms with Crippen molar-refractivity contribution in [2.45, 2.75) is 32.6 Å². The Morgan fingerprint density at radius 1 is 1.00 bits per heavy atom. The normalized spacial score (nSPS) is 17.9. The van der Waals surface area contributed by atoms with Crippen molar-refractivity contribution in [2.75, 3.05) is 36.0 Å². The molecule has 0 unspecified atom stereocenters. The van der Waals surface area contributed by atoms with E-state index in [4.69, 9.17) is 15.0 Å². The van der Waals surface area contributed by atoms with E-state index < -0.39 is 0 Å². The van der Waals surface area contributed by atoms with E-state index in [1.54, 1.807) is 11.3 Å². The third-order valence-corrected chi connectivity index (χ3v) is 6.45. The summed E-state index contributed by atoms with van der Waals surface area (Å²) < 4.78 is 1.20. The predicted octanol–water partition coefficient (Wildman–Crippen LogP) is 3.30. The van der Waals surface area contributed by atoms with Crippen LogP contribution < -0.4 is 9.80 Å². The fourth-order valence-corrected chi connectivity index (χ4v) is 4.46. The highest BCUT2D eigenvalue weighted by atomic mass is 32.1. The largest absolute Gasteiger partial charge is 0.353 e. The van der Waals surface area contributed by atoms with Gasteiger partial charge in [-0.1, -0.05) is 11.3 Å². The summed E-state index contributed by atoms with van der Waals surface area (Å²) in [6.45, 7) is 8.13. The van der Waals surface area contributed by atoms with Crippen LogP contribution in [0.25, 0.3) is 10.2 Å². The topological polar surface area (TPSA) is 58.0 Å². The molecule has 4 heterocycles. The van der Waals surface area contributed by atoms with Gasteiger partial charge in [0.15, 0.2) is 5.13 Å². The van der Waals surface area contributed by atoms with Crippen LogP contribution in [-0.4, -0.2) is 46.1 Å². The molecule has 0 bridgehead atoms. The van der Waals surface area contributed by atoms with Crippen molar-refractivity contribution in [1.29, 1.82) is 0 Å². The van der Waals surface area contributed by atoms with Crippen LogP contribution in [0.3, 0.4) is 0 Å². The number of hydrogen-bond acceptors (Lipinski definition) is 7. The minimum absolute atomic E-state index is 0.589. The van der Waals surface area contributed by atoms with E-state index in [1.807, 2.05) is 18.5 Å². The minimum Gasteiger partial charge on any atom is -0.353 e. The van der Waals surface area contributed by atoms with Crippen LogP contribution in [0.1, 0.15) is 35.8 Å². The Kier molecular flexibility index (Phi) is 3.77. The third kappa shape index (κ3) is 2.80. The van der Waals surface area contributed by atoms with Gasteiger partial charge in [-0.05, 0) is 32.8 Å². The Labute approximate surface area is 156 Å². The van der Waals surface area contributed by atoms with Crippen LogP contribution >= 0.6 is 11.3 Å². The lowest BCUT2D eigenvalue weighted by Crippen LogP contribution is -2.47. The number of anilines is 2. The Hall–Kier alpha value is -2.28. The number of aromatic nitrogens is 4. The minimum atomic E-state index is 0.589. The maximum atomic E-state index is 4.93. The van der Waals surface area contributed by atoms with Gasteiger partial charge in [0.25, 0.3) is 0 Å². The van der Waals surface area contributed by atoms with Crippen molar-refractivity contribution >= 4 is 32.5 Å². The maximum absolute atomic E-state index is 4.93. The fraction of sp³-hybridized carbons (Fsp3) is 0.474. The molecule has 0 radical (unpaired) electrons. The van der Waals surface area contributed by atoms with E-state index in [9.17, 15) is 0 Å². The van der Waals surface area contributed by atoms with Crippen LogP contribution in [-0.2, 0) is 0 Å². The summed E-state index contributed by atoms with van der Waals surface area (Å²) in [7, 11) is 0. The van der Waals surface area contributed by atoms with Crippen molar-refractivity contribution in [1.82, 2.24) is 19.9 Å². The van der Waals surface area contributed by atoms with E-state index >= 15 is 0 Å². The van der Waals surface area contributed by atoms with Crippen molar-refractivity contribution < 1.29 is 0 Å². The average Bonchev–Trinajstić information content (AvgIpc) is 3.42. The number of hydrogen-bond donors (Lipinski definition) is 0. The third-order valence-electron chi connectivity index (χ3n) is 5.35. The molecule has 1 saturated heterocycles. The zero-order valence-corrected chi connectivity index (χ0v) is 16.0. The molecule has 6 nitrogen and oxygen atoms in total. The van der Waals surface area contributed by atoms with Crippen LogP contribution in [0, 0.1) is 13.8 Å². The standard InChI is InChI=1S/C19H22N6S/c1-12-13(2)21-17(14-3-4-14)23-18(12)24-7-9-25(10-8-24)19-22-15-11-20-6-5-16(15)26-19/h5-6,11,14H,3-4,7-10H2,1-2H3. The first kappa shape index (κ1) is 15.9. The molecular weight excluding hydrogens is 344 g/mol. The number of piperazine rings is 1. The molecule has 3 aromatic heterocycles. The fourth-order valence-electron chi connectivity index (χ4n) is 3.48. The first-order chi connectivity index (χ1) is 12.7. The Bertz CT molecular complexity index is 923. The molecule has 0 amide bonds. The summed E-state index contributed by atoms with van der Waals surface area (Å²) in [6, 6.07) is 2.04. The maximum Gasteiger partial charge on any atom is 0.186 e. The summed E-state index contributed by atoms with van der Waals surface area (Å²) in [5.41, 5.74) is 3.33. The van der Waals surface area contributed by atoms with E-state index in [1.165, 1.54) is 23.1 Å². The van der Waals surface area contributed by atoms with E-state index in [0.29, 0.717) is 5.92 Å². The molecule has 7 heteroatoms. The number of thiazole rings is 1. The molecule has 2 aliphatic rings. The molecule has 2 fully saturated rings. The van der Waals surface area contributed by atoms with Crippen molar-refractivity contribution in [3.63, 3.8) is 0 Å². The van der Waals surface area contributed by atoms with Gasteiger partial charge in [0, 0.05) is 49.6 Å². The molecule has 26 heavy (non-hydrogen) atoms. The van der Waals surface area contributed by atoms with Gasteiger partial charge in [0.2, 0.25) is 0 Å². The van der Waals surface area contributed by atoms with Crippen molar-refractivity contribution in [2.24, 2.45) is 0 Å². The molecule has 3 aromatic rings.